The van der Waals surface area contributed by atoms with Gasteiger partial charge in [-0.15, -0.1) is 0 Å². The molecule has 0 fully saturated rings. The molecule has 2 rings (SSSR count). The Labute approximate surface area is 173 Å². The molecule has 0 radical (unpaired) electrons. The van der Waals surface area contributed by atoms with Crippen LogP contribution in [0.5, 0.6) is 17.2 Å². The molecule has 9 heteroatoms. The molecule has 1 unspecified atom stereocenters. The first-order valence-corrected chi connectivity index (χ1v) is 8.99. The van der Waals surface area contributed by atoms with E-state index >= 15 is 0 Å². The third kappa shape index (κ3) is 5.45. The lowest BCUT2D eigenvalue weighted by molar-refractivity contribution is -0.124. The molecule has 156 valence electrons. The van der Waals surface area contributed by atoms with Gasteiger partial charge in [0.05, 0.1) is 38.1 Å². The van der Waals surface area contributed by atoms with Crippen molar-refractivity contribution in [3.05, 3.63) is 46.5 Å². The maximum absolute atomic E-state index is 12.3. The summed E-state index contributed by atoms with van der Waals surface area (Å²) in [5.74, 6) is 0.172. The number of amides is 1. The summed E-state index contributed by atoms with van der Waals surface area (Å²) < 4.78 is 20.7. The van der Waals surface area contributed by atoms with Gasteiger partial charge in [0, 0.05) is 11.6 Å². The summed E-state index contributed by atoms with van der Waals surface area (Å²) in [6.45, 7) is 1.29. The fraction of sp³-hybridized carbons (Fsp3) is 0.300. The molecule has 0 aliphatic carbocycles. The van der Waals surface area contributed by atoms with Crippen LogP contribution >= 0.6 is 11.6 Å². The largest absolute Gasteiger partial charge is 0.497 e. The summed E-state index contributed by atoms with van der Waals surface area (Å²) in [4.78, 5) is 24.6. The summed E-state index contributed by atoms with van der Waals surface area (Å²) >= 11 is 5.95. The standard InChI is InChI=1S/C20H23ClN2O6/c1-11(13-7-12(26-2)5-6-17(13)27-3)23-19(24)10-29-20(25)14-8-15(21)16(22)9-18(14)28-4/h5-9,11H,10,22H2,1-4H3,(H,23,24). The molecule has 2 aromatic rings. The van der Waals surface area contributed by atoms with Crippen LogP contribution in [0.4, 0.5) is 5.69 Å². The molecule has 1 amide bonds. The lowest BCUT2D eigenvalue weighted by Crippen LogP contribution is -2.31. The molecule has 0 bridgehead atoms. The minimum absolute atomic E-state index is 0.0713. The van der Waals surface area contributed by atoms with Gasteiger partial charge in [-0.25, -0.2) is 4.79 Å². The van der Waals surface area contributed by atoms with Crippen molar-refractivity contribution >= 4 is 29.2 Å². The van der Waals surface area contributed by atoms with Crippen molar-refractivity contribution in [2.75, 3.05) is 33.7 Å². The summed E-state index contributed by atoms with van der Waals surface area (Å²) in [7, 11) is 4.47. The molecule has 0 aromatic heterocycles. The number of benzene rings is 2. The number of nitrogens with two attached hydrogens (primary N) is 1. The topological polar surface area (TPSA) is 109 Å². The highest BCUT2D eigenvalue weighted by atomic mass is 35.5. The van der Waals surface area contributed by atoms with Crippen LogP contribution in [0.25, 0.3) is 0 Å². The highest BCUT2D eigenvalue weighted by molar-refractivity contribution is 6.33. The molecule has 0 spiro atoms. The van der Waals surface area contributed by atoms with Crippen LogP contribution < -0.4 is 25.3 Å². The average Bonchev–Trinajstić information content (AvgIpc) is 2.72. The number of hydrogen-bond donors (Lipinski definition) is 2. The van der Waals surface area contributed by atoms with Gasteiger partial charge in [-0.3, -0.25) is 4.79 Å². The number of nitrogen functional groups attached to an aromatic ring is 1. The van der Waals surface area contributed by atoms with Gasteiger partial charge in [0.2, 0.25) is 0 Å². The number of carbonyl (C=O) groups excluding carboxylic acids is 2. The van der Waals surface area contributed by atoms with Crippen molar-refractivity contribution in [2.45, 2.75) is 13.0 Å². The zero-order chi connectivity index (χ0) is 21.6. The number of nitrogens with one attached hydrogen (secondary N) is 1. The lowest BCUT2D eigenvalue weighted by atomic mass is 10.1. The maximum atomic E-state index is 12.3. The molecule has 0 aliphatic rings. The Morgan fingerprint density at radius 1 is 1.07 bits per heavy atom. The Hall–Kier alpha value is -3.13. The first kappa shape index (κ1) is 22.2. The Bertz CT molecular complexity index is 903. The zero-order valence-corrected chi connectivity index (χ0v) is 17.3. The van der Waals surface area contributed by atoms with Crippen molar-refractivity contribution in [1.29, 1.82) is 0 Å². The number of halogens is 1. The summed E-state index contributed by atoms with van der Waals surface area (Å²) in [5, 5.41) is 2.93. The minimum Gasteiger partial charge on any atom is -0.497 e. The quantitative estimate of drug-likeness (QED) is 0.497. The Morgan fingerprint density at radius 3 is 2.38 bits per heavy atom. The molecule has 0 heterocycles. The lowest BCUT2D eigenvalue weighted by Gasteiger charge is -2.18. The monoisotopic (exact) mass is 422 g/mol. The second-order valence-electron chi connectivity index (χ2n) is 6.05. The van der Waals surface area contributed by atoms with Crippen molar-refractivity contribution in [3.63, 3.8) is 0 Å². The van der Waals surface area contributed by atoms with Gasteiger partial charge in [0.15, 0.2) is 6.61 Å². The summed E-state index contributed by atoms with van der Waals surface area (Å²) in [6.07, 6.45) is 0. The van der Waals surface area contributed by atoms with Gasteiger partial charge in [-0.1, -0.05) is 11.6 Å². The van der Waals surface area contributed by atoms with E-state index in [0.717, 1.165) is 5.56 Å². The third-order valence-corrected chi connectivity index (χ3v) is 4.48. The number of carbonyl (C=O) groups is 2. The summed E-state index contributed by atoms with van der Waals surface area (Å²) in [6, 6.07) is 7.59. The van der Waals surface area contributed by atoms with Gasteiger partial charge in [-0.2, -0.15) is 0 Å². The number of esters is 1. The molecular formula is C20H23ClN2O6. The fourth-order valence-electron chi connectivity index (χ4n) is 2.65. The molecule has 0 aliphatic heterocycles. The third-order valence-electron chi connectivity index (χ3n) is 4.15. The second-order valence-corrected chi connectivity index (χ2v) is 6.45. The van der Waals surface area contributed by atoms with Crippen LogP contribution in [0.15, 0.2) is 30.3 Å². The van der Waals surface area contributed by atoms with Crippen molar-refractivity contribution in [1.82, 2.24) is 5.32 Å². The predicted molar refractivity (Wildman–Crippen MR) is 109 cm³/mol. The van der Waals surface area contributed by atoms with Crippen molar-refractivity contribution in [2.24, 2.45) is 0 Å². The first-order chi connectivity index (χ1) is 13.8. The Kier molecular flexibility index (Phi) is 7.55. The van der Waals surface area contributed by atoms with Crippen LogP contribution in [-0.2, 0) is 9.53 Å². The van der Waals surface area contributed by atoms with Crippen LogP contribution in [0.3, 0.4) is 0 Å². The maximum Gasteiger partial charge on any atom is 0.342 e. The number of methoxy groups -OCH3 is 3. The SMILES string of the molecule is COc1ccc(OC)c(C(C)NC(=O)COC(=O)c2cc(Cl)c(N)cc2OC)c1. The van der Waals surface area contributed by atoms with E-state index in [1.807, 2.05) is 0 Å². The molecular weight excluding hydrogens is 400 g/mol. The van der Waals surface area contributed by atoms with Crippen LogP contribution in [-0.4, -0.2) is 39.8 Å². The van der Waals surface area contributed by atoms with E-state index in [1.165, 1.54) is 26.4 Å². The van der Waals surface area contributed by atoms with E-state index < -0.39 is 24.5 Å². The van der Waals surface area contributed by atoms with E-state index in [4.69, 9.17) is 36.3 Å². The molecule has 0 saturated carbocycles. The number of rotatable bonds is 8. The Balaban J connectivity index is 2.03. The van der Waals surface area contributed by atoms with Gasteiger partial charge in [0.25, 0.3) is 5.91 Å². The predicted octanol–water partition coefficient (Wildman–Crippen LogP) is 2.98. The van der Waals surface area contributed by atoms with E-state index in [0.29, 0.717) is 11.5 Å². The highest BCUT2D eigenvalue weighted by Crippen LogP contribution is 2.30. The highest BCUT2D eigenvalue weighted by Gasteiger charge is 2.19. The van der Waals surface area contributed by atoms with Crippen molar-refractivity contribution < 1.29 is 28.5 Å². The van der Waals surface area contributed by atoms with E-state index in [9.17, 15) is 9.59 Å². The van der Waals surface area contributed by atoms with Gasteiger partial charge in [-0.05, 0) is 31.2 Å². The minimum atomic E-state index is -0.759. The second kappa shape index (κ2) is 9.88. The van der Waals surface area contributed by atoms with E-state index in [2.05, 4.69) is 5.32 Å². The number of ether oxygens (including phenoxy) is 4. The summed E-state index contributed by atoms with van der Waals surface area (Å²) in [5.41, 5.74) is 6.75. The first-order valence-electron chi connectivity index (χ1n) is 8.62. The molecule has 2 aromatic carbocycles. The van der Waals surface area contributed by atoms with Crippen LogP contribution in [0.1, 0.15) is 28.9 Å². The number of hydrogen-bond acceptors (Lipinski definition) is 7. The van der Waals surface area contributed by atoms with Gasteiger partial charge in [0.1, 0.15) is 22.8 Å². The number of anilines is 1. The zero-order valence-electron chi connectivity index (χ0n) is 16.6. The molecule has 29 heavy (non-hydrogen) atoms. The van der Waals surface area contributed by atoms with Gasteiger partial charge < -0.3 is 30.0 Å². The van der Waals surface area contributed by atoms with Crippen molar-refractivity contribution in [3.8, 4) is 17.2 Å². The van der Waals surface area contributed by atoms with E-state index in [1.54, 1.807) is 32.2 Å². The fourth-order valence-corrected chi connectivity index (χ4v) is 2.81. The van der Waals surface area contributed by atoms with Crippen LogP contribution in [0, 0.1) is 0 Å². The normalized spacial score (nSPS) is 11.3. The smallest absolute Gasteiger partial charge is 0.342 e. The Morgan fingerprint density at radius 2 is 1.76 bits per heavy atom. The van der Waals surface area contributed by atoms with Gasteiger partial charge >= 0.3 is 5.97 Å². The van der Waals surface area contributed by atoms with E-state index in [-0.39, 0.29) is 22.0 Å². The molecule has 3 N–H and O–H groups in total. The molecule has 0 saturated heterocycles. The molecule has 8 nitrogen and oxygen atoms in total. The molecule has 1 atom stereocenters. The van der Waals surface area contributed by atoms with Crippen LogP contribution in [0.2, 0.25) is 5.02 Å². The average molecular weight is 423 g/mol.